The molecule has 1 fully saturated rings. The summed E-state index contributed by atoms with van der Waals surface area (Å²) in [4.78, 5) is 1.58. The molecule has 0 aromatic heterocycles. The van der Waals surface area contributed by atoms with Crippen LogP contribution in [0.1, 0.15) is 0 Å². The van der Waals surface area contributed by atoms with Crippen LogP contribution in [0.3, 0.4) is 0 Å². The summed E-state index contributed by atoms with van der Waals surface area (Å²) in [7, 11) is 0. The summed E-state index contributed by atoms with van der Waals surface area (Å²) in [5, 5.41) is 17.1. The van der Waals surface area contributed by atoms with E-state index in [0.717, 1.165) is 13.1 Å². The highest BCUT2D eigenvalue weighted by Gasteiger charge is 2.36. The van der Waals surface area contributed by atoms with Gasteiger partial charge in [-0.05, 0) is 0 Å². The van der Waals surface area contributed by atoms with Crippen molar-refractivity contribution < 1.29 is 5.11 Å². The molecule has 0 aromatic rings. The van der Waals surface area contributed by atoms with E-state index in [1.54, 1.807) is 11.0 Å². The van der Waals surface area contributed by atoms with E-state index < -0.39 is 5.72 Å². The molecule has 1 atom stereocenters. The predicted molar refractivity (Wildman–Crippen MR) is 27.5 cm³/mol. The quantitative estimate of drug-likeness (QED) is 0.361. The lowest BCUT2D eigenvalue weighted by atomic mass is 10.3. The van der Waals surface area contributed by atoms with Crippen LogP contribution in [0.5, 0.6) is 0 Å². The molecule has 0 amide bonds. The highest BCUT2D eigenvalue weighted by atomic mass is 16.3. The summed E-state index contributed by atoms with van der Waals surface area (Å²) < 4.78 is 0. The SMILES string of the molecule is [CH2]C(O)(C#N)N1CC1. The predicted octanol–water partition coefficient (Wildman–Crippen LogP) is -0.652. The number of aliphatic hydroxyl groups is 1. The van der Waals surface area contributed by atoms with E-state index in [-0.39, 0.29) is 0 Å². The fraction of sp³-hybridized carbons (Fsp3) is 0.600. The lowest BCUT2D eigenvalue weighted by Crippen LogP contribution is -2.31. The molecule has 0 bridgehead atoms. The molecule has 43 valence electrons. The maximum atomic E-state index is 8.92. The lowest BCUT2D eigenvalue weighted by molar-refractivity contribution is 0.0510. The third-order valence-corrected chi connectivity index (χ3v) is 1.15. The Balaban J connectivity index is 2.53. The van der Waals surface area contributed by atoms with Gasteiger partial charge in [-0.3, -0.25) is 4.90 Å². The van der Waals surface area contributed by atoms with Gasteiger partial charge in [0.05, 0.1) is 0 Å². The van der Waals surface area contributed by atoms with Gasteiger partial charge in [-0.1, -0.05) is 0 Å². The summed E-state index contributed by atoms with van der Waals surface area (Å²) in [5.74, 6) is 0. The monoisotopic (exact) mass is 111 g/mol. The Morgan fingerprint density at radius 3 is 2.38 bits per heavy atom. The standard InChI is InChI=1S/C5H7N2O/c1-5(8,4-6)7-2-3-7/h8H,1-3H2. The number of nitrogens with zero attached hydrogens (tertiary/aromatic N) is 2. The summed E-state index contributed by atoms with van der Waals surface area (Å²) in [6, 6.07) is 1.67. The average Bonchev–Trinajstić information content (AvgIpc) is 2.44. The second kappa shape index (κ2) is 1.44. The third kappa shape index (κ3) is 0.808. The molecule has 1 rings (SSSR count). The van der Waals surface area contributed by atoms with Crippen molar-refractivity contribution in [2.24, 2.45) is 0 Å². The van der Waals surface area contributed by atoms with E-state index in [1.807, 2.05) is 0 Å². The molecule has 1 aliphatic heterocycles. The van der Waals surface area contributed by atoms with Crippen molar-refractivity contribution in [1.29, 1.82) is 5.26 Å². The molecule has 1 heterocycles. The first-order valence-corrected chi connectivity index (χ1v) is 2.41. The third-order valence-electron chi connectivity index (χ3n) is 1.15. The second-order valence-electron chi connectivity index (χ2n) is 1.92. The minimum atomic E-state index is -1.46. The van der Waals surface area contributed by atoms with Crippen molar-refractivity contribution in [2.45, 2.75) is 5.72 Å². The first-order chi connectivity index (χ1) is 3.67. The first kappa shape index (κ1) is 5.54. The van der Waals surface area contributed by atoms with Gasteiger partial charge in [-0.25, -0.2) is 0 Å². The summed E-state index contributed by atoms with van der Waals surface area (Å²) in [5.41, 5.74) is -1.46. The Bertz CT molecular complexity index is 132. The lowest BCUT2D eigenvalue weighted by Gasteiger charge is -2.12. The maximum absolute atomic E-state index is 8.92. The molecule has 1 unspecified atom stereocenters. The Kier molecular flexibility index (Phi) is 0.999. The second-order valence-corrected chi connectivity index (χ2v) is 1.92. The highest BCUT2D eigenvalue weighted by Crippen LogP contribution is 2.17. The van der Waals surface area contributed by atoms with Gasteiger partial charge in [0.2, 0.25) is 5.72 Å². The normalized spacial score (nSPS) is 26.1. The zero-order chi connectivity index (χ0) is 6.20. The molecule has 0 aromatic carbocycles. The van der Waals surface area contributed by atoms with Crippen LogP contribution >= 0.6 is 0 Å². The smallest absolute Gasteiger partial charge is 0.208 e. The van der Waals surface area contributed by atoms with E-state index in [1.165, 1.54) is 0 Å². The summed E-state index contributed by atoms with van der Waals surface area (Å²) in [6.45, 7) is 4.84. The zero-order valence-corrected chi connectivity index (χ0v) is 4.46. The minimum Gasteiger partial charge on any atom is -0.363 e. The van der Waals surface area contributed by atoms with Gasteiger partial charge < -0.3 is 5.11 Å². The van der Waals surface area contributed by atoms with Crippen molar-refractivity contribution in [3.05, 3.63) is 6.92 Å². The summed E-state index contributed by atoms with van der Waals surface area (Å²) >= 11 is 0. The van der Waals surface area contributed by atoms with Gasteiger partial charge >= 0.3 is 0 Å². The molecular formula is C5H7N2O. The number of nitriles is 1. The average molecular weight is 111 g/mol. The van der Waals surface area contributed by atoms with Crippen LogP contribution in [0.25, 0.3) is 0 Å². The Morgan fingerprint density at radius 1 is 1.75 bits per heavy atom. The van der Waals surface area contributed by atoms with Crippen molar-refractivity contribution in [3.63, 3.8) is 0 Å². The Morgan fingerprint density at radius 2 is 2.25 bits per heavy atom. The van der Waals surface area contributed by atoms with Crippen LogP contribution in [0.15, 0.2) is 0 Å². The topological polar surface area (TPSA) is 47.0 Å². The van der Waals surface area contributed by atoms with Crippen LogP contribution in [0, 0.1) is 18.3 Å². The minimum absolute atomic E-state index is 0.785. The molecule has 1 radical (unpaired) electrons. The molecule has 3 nitrogen and oxygen atoms in total. The van der Waals surface area contributed by atoms with Gasteiger partial charge in [-0.2, -0.15) is 5.26 Å². The number of hydrogen-bond acceptors (Lipinski definition) is 3. The van der Waals surface area contributed by atoms with E-state index in [9.17, 15) is 0 Å². The van der Waals surface area contributed by atoms with Gasteiger partial charge in [0.25, 0.3) is 0 Å². The van der Waals surface area contributed by atoms with Crippen LogP contribution in [0.2, 0.25) is 0 Å². The highest BCUT2D eigenvalue weighted by molar-refractivity contribution is 5.06. The molecule has 0 saturated carbocycles. The van der Waals surface area contributed by atoms with Gasteiger partial charge in [0.1, 0.15) is 6.07 Å². The van der Waals surface area contributed by atoms with Crippen molar-refractivity contribution in [1.82, 2.24) is 4.90 Å². The molecule has 1 N–H and O–H groups in total. The molecule has 1 saturated heterocycles. The van der Waals surface area contributed by atoms with Gasteiger partial charge in [0.15, 0.2) is 0 Å². The fourth-order valence-electron chi connectivity index (χ4n) is 0.491. The van der Waals surface area contributed by atoms with E-state index in [4.69, 9.17) is 10.4 Å². The van der Waals surface area contributed by atoms with Crippen molar-refractivity contribution >= 4 is 0 Å². The number of hydrogen-bond donors (Lipinski definition) is 1. The van der Waals surface area contributed by atoms with Crippen LogP contribution in [-0.2, 0) is 0 Å². The zero-order valence-electron chi connectivity index (χ0n) is 4.46. The fourth-order valence-corrected chi connectivity index (χ4v) is 0.491. The molecule has 8 heavy (non-hydrogen) atoms. The van der Waals surface area contributed by atoms with Crippen LogP contribution in [0.4, 0.5) is 0 Å². The number of rotatable bonds is 1. The van der Waals surface area contributed by atoms with Gasteiger partial charge in [0, 0.05) is 20.0 Å². The van der Waals surface area contributed by atoms with E-state index >= 15 is 0 Å². The van der Waals surface area contributed by atoms with Crippen LogP contribution in [-0.4, -0.2) is 28.8 Å². The Labute approximate surface area is 48.1 Å². The maximum Gasteiger partial charge on any atom is 0.208 e. The molecule has 1 aliphatic rings. The molecular weight excluding hydrogens is 104 g/mol. The van der Waals surface area contributed by atoms with E-state index in [0.29, 0.717) is 0 Å². The molecule has 3 heteroatoms. The van der Waals surface area contributed by atoms with Gasteiger partial charge in [-0.15, -0.1) is 0 Å². The van der Waals surface area contributed by atoms with Crippen molar-refractivity contribution in [2.75, 3.05) is 13.1 Å². The molecule has 0 aliphatic carbocycles. The van der Waals surface area contributed by atoms with Crippen LogP contribution < -0.4 is 0 Å². The van der Waals surface area contributed by atoms with Crippen molar-refractivity contribution in [3.8, 4) is 6.07 Å². The summed E-state index contributed by atoms with van der Waals surface area (Å²) in [6.07, 6.45) is 0. The van der Waals surface area contributed by atoms with E-state index in [2.05, 4.69) is 6.92 Å². The Hall–Kier alpha value is -0.590. The molecule has 0 spiro atoms. The first-order valence-electron chi connectivity index (χ1n) is 2.41. The largest absolute Gasteiger partial charge is 0.363 e.